The number of carbonyl (C=O) groups is 2. The number of nitrogens with zero attached hydrogens (tertiary/aromatic N) is 1. The van der Waals surface area contributed by atoms with Gasteiger partial charge in [0.15, 0.2) is 0 Å². The highest BCUT2D eigenvalue weighted by atomic mass is 32.1. The van der Waals surface area contributed by atoms with Crippen LogP contribution in [-0.4, -0.2) is 27.9 Å². The minimum absolute atomic E-state index is 0.0104. The zero-order chi connectivity index (χ0) is 26.0. The van der Waals surface area contributed by atoms with E-state index in [-0.39, 0.29) is 35.6 Å². The van der Waals surface area contributed by atoms with Gasteiger partial charge in [-0.1, -0.05) is 61.0 Å². The zero-order valence-electron chi connectivity index (χ0n) is 22.5. The van der Waals surface area contributed by atoms with Crippen LogP contribution in [0.4, 0.5) is 0 Å². The number of aromatic nitrogens is 1. The van der Waals surface area contributed by atoms with E-state index in [0.717, 1.165) is 41.5 Å². The summed E-state index contributed by atoms with van der Waals surface area (Å²) in [6, 6.07) is 6.15. The number of esters is 1. The maximum absolute atomic E-state index is 13.2. The van der Waals surface area contributed by atoms with Crippen molar-refractivity contribution in [2.24, 2.45) is 28.6 Å². The van der Waals surface area contributed by atoms with Crippen LogP contribution in [0.2, 0.25) is 0 Å². The first kappa shape index (κ1) is 27.8. The first-order valence-corrected chi connectivity index (χ1v) is 13.9. The van der Waals surface area contributed by atoms with Crippen molar-refractivity contribution < 1.29 is 19.4 Å². The number of hydrogen-bond donors (Lipinski definition) is 1. The Morgan fingerprint density at radius 2 is 1.80 bits per heavy atom. The fourth-order valence-corrected chi connectivity index (χ4v) is 5.94. The highest BCUT2D eigenvalue weighted by Gasteiger charge is 2.38. The summed E-state index contributed by atoms with van der Waals surface area (Å²) in [5.74, 6) is -0.375. The van der Waals surface area contributed by atoms with E-state index in [1.54, 1.807) is 11.3 Å². The average Bonchev–Trinajstić information content (AvgIpc) is 3.28. The number of Topliss-reactive ketones (excluding diaryl/α,β-unsaturated/α-hetero) is 1. The molecule has 0 saturated carbocycles. The van der Waals surface area contributed by atoms with Crippen LogP contribution >= 0.6 is 11.3 Å². The number of thiazole rings is 1. The molecule has 2 aromatic rings. The standard InChI is InChI=1S/C29H43NO4S/c1-18-9-8-13-28(4,5)19(2)15-23(21-10-11-24-22(16-21)30-17-35-24)34-25(31)12-14-29(6,7)27(33)20(3)26(18)32/h10-11,16-20,23,26,32H,8-9,12-15H2,1-7H3/t18-,19?,20+,23?,26?/m0/s1. The van der Waals surface area contributed by atoms with Gasteiger partial charge in [0, 0.05) is 17.8 Å². The molecule has 1 aromatic carbocycles. The Hall–Kier alpha value is -1.79. The summed E-state index contributed by atoms with van der Waals surface area (Å²) in [7, 11) is 0. The molecule has 0 amide bonds. The van der Waals surface area contributed by atoms with Gasteiger partial charge in [-0.05, 0) is 60.6 Å². The molecule has 6 heteroatoms. The number of aliphatic hydroxyl groups is 1. The van der Waals surface area contributed by atoms with Gasteiger partial charge in [0.1, 0.15) is 11.9 Å². The molecule has 1 fully saturated rings. The van der Waals surface area contributed by atoms with E-state index in [4.69, 9.17) is 4.74 Å². The molecule has 1 saturated heterocycles. The van der Waals surface area contributed by atoms with Gasteiger partial charge in [-0.25, -0.2) is 4.98 Å². The molecule has 3 unspecified atom stereocenters. The molecular weight excluding hydrogens is 458 g/mol. The van der Waals surface area contributed by atoms with Crippen LogP contribution in [0.5, 0.6) is 0 Å². The highest BCUT2D eigenvalue weighted by Crippen LogP contribution is 2.41. The second-order valence-corrected chi connectivity index (χ2v) is 13.0. The Morgan fingerprint density at radius 1 is 1.09 bits per heavy atom. The number of hydrogen-bond acceptors (Lipinski definition) is 6. The van der Waals surface area contributed by atoms with Gasteiger partial charge in [0.05, 0.1) is 21.8 Å². The van der Waals surface area contributed by atoms with Crippen molar-refractivity contribution in [1.82, 2.24) is 4.98 Å². The number of benzene rings is 1. The summed E-state index contributed by atoms with van der Waals surface area (Å²) in [5, 5.41) is 10.9. The molecule has 5 atom stereocenters. The molecule has 3 rings (SSSR count). The smallest absolute Gasteiger partial charge is 0.306 e. The molecule has 2 heterocycles. The van der Waals surface area contributed by atoms with E-state index >= 15 is 0 Å². The Bertz CT molecular complexity index is 1030. The fourth-order valence-electron chi connectivity index (χ4n) is 5.28. The largest absolute Gasteiger partial charge is 0.457 e. The summed E-state index contributed by atoms with van der Waals surface area (Å²) < 4.78 is 7.21. The minimum Gasteiger partial charge on any atom is -0.457 e. The lowest BCUT2D eigenvalue weighted by atomic mass is 9.71. The molecule has 5 nitrogen and oxygen atoms in total. The number of rotatable bonds is 1. The molecule has 0 radical (unpaired) electrons. The predicted octanol–water partition coefficient (Wildman–Crippen LogP) is 7.13. The van der Waals surface area contributed by atoms with Gasteiger partial charge < -0.3 is 9.84 Å². The number of carbonyl (C=O) groups excluding carboxylic acids is 2. The summed E-state index contributed by atoms with van der Waals surface area (Å²) in [5.41, 5.74) is 3.07. The van der Waals surface area contributed by atoms with Gasteiger partial charge in [-0.15, -0.1) is 11.3 Å². The van der Waals surface area contributed by atoms with E-state index in [1.807, 2.05) is 39.3 Å². The van der Waals surface area contributed by atoms with Crippen molar-refractivity contribution in [2.45, 2.75) is 99.2 Å². The van der Waals surface area contributed by atoms with Gasteiger partial charge in [0.2, 0.25) is 0 Å². The number of ketones is 1. The molecule has 1 N–H and O–H groups in total. The molecule has 1 aliphatic heterocycles. The molecule has 35 heavy (non-hydrogen) atoms. The van der Waals surface area contributed by atoms with Crippen LogP contribution in [0.25, 0.3) is 10.2 Å². The fraction of sp³-hybridized carbons (Fsp3) is 0.690. The maximum atomic E-state index is 13.2. The third-order valence-electron chi connectivity index (χ3n) is 8.51. The monoisotopic (exact) mass is 501 g/mol. The first-order valence-electron chi connectivity index (χ1n) is 13.1. The van der Waals surface area contributed by atoms with Crippen LogP contribution < -0.4 is 0 Å². The first-order chi connectivity index (χ1) is 16.3. The van der Waals surface area contributed by atoms with Gasteiger partial charge >= 0.3 is 5.97 Å². The lowest BCUT2D eigenvalue weighted by Gasteiger charge is -2.36. The quantitative estimate of drug-likeness (QED) is 0.421. The lowest BCUT2D eigenvalue weighted by Crippen LogP contribution is -2.39. The normalized spacial score (nSPS) is 31.3. The van der Waals surface area contributed by atoms with Crippen molar-refractivity contribution in [3.8, 4) is 0 Å². The van der Waals surface area contributed by atoms with Crippen LogP contribution in [-0.2, 0) is 14.3 Å². The van der Waals surface area contributed by atoms with E-state index < -0.39 is 17.4 Å². The van der Waals surface area contributed by atoms with Crippen molar-refractivity contribution in [3.63, 3.8) is 0 Å². The van der Waals surface area contributed by atoms with E-state index in [2.05, 4.69) is 37.9 Å². The second-order valence-electron chi connectivity index (χ2n) is 12.1. The Morgan fingerprint density at radius 3 is 2.51 bits per heavy atom. The minimum atomic E-state index is -0.708. The van der Waals surface area contributed by atoms with Gasteiger partial charge in [0.25, 0.3) is 0 Å². The SMILES string of the molecule is CC1CC(c2ccc3scnc3c2)OC(=O)CCC(C)(C)C(=O)[C@H](C)C(O)[C@@H](C)CCCC1(C)C. The molecule has 1 aromatic heterocycles. The van der Waals surface area contributed by atoms with E-state index in [0.29, 0.717) is 12.3 Å². The molecule has 194 valence electrons. The van der Waals surface area contributed by atoms with Crippen molar-refractivity contribution in [3.05, 3.63) is 29.3 Å². The molecule has 1 aliphatic rings. The number of fused-ring (bicyclic) bond motifs is 1. The third-order valence-corrected chi connectivity index (χ3v) is 9.32. The Labute approximate surface area is 214 Å². The summed E-state index contributed by atoms with van der Waals surface area (Å²) >= 11 is 1.60. The van der Waals surface area contributed by atoms with E-state index in [1.165, 1.54) is 0 Å². The van der Waals surface area contributed by atoms with Crippen molar-refractivity contribution in [1.29, 1.82) is 0 Å². The lowest BCUT2D eigenvalue weighted by molar-refractivity contribution is -0.152. The Kier molecular flexibility index (Phi) is 8.80. The molecule has 0 bridgehead atoms. The topological polar surface area (TPSA) is 76.5 Å². The number of aliphatic hydroxyl groups excluding tert-OH is 1. The highest BCUT2D eigenvalue weighted by molar-refractivity contribution is 7.16. The van der Waals surface area contributed by atoms with Crippen LogP contribution in [0.3, 0.4) is 0 Å². The predicted molar refractivity (Wildman–Crippen MR) is 142 cm³/mol. The van der Waals surface area contributed by atoms with E-state index in [9.17, 15) is 14.7 Å². The third kappa shape index (κ3) is 6.71. The van der Waals surface area contributed by atoms with Crippen LogP contribution in [0.15, 0.2) is 23.7 Å². The second kappa shape index (κ2) is 11.1. The van der Waals surface area contributed by atoms with Crippen molar-refractivity contribution >= 4 is 33.3 Å². The molecule has 0 spiro atoms. The van der Waals surface area contributed by atoms with Gasteiger partial charge in [-0.2, -0.15) is 0 Å². The van der Waals surface area contributed by atoms with Gasteiger partial charge in [-0.3, -0.25) is 9.59 Å². The molecular formula is C29H43NO4S. The number of ether oxygens (including phenoxy) is 1. The zero-order valence-corrected chi connectivity index (χ0v) is 23.3. The summed E-state index contributed by atoms with van der Waals surface area (Å²) in [4.78, 5) is 30.7. The molecule has 0 aliphatic carbocycles. The average molecular weight is 502 g/mol. The van der Waals surface area contributed by atoms with Crippen molar-refractivity contribution in [2.75, 3.05) is 0 Å². The van der Waals surface area contributed by atoms with Crippen LogP contribution in [0.1, 0.15) is 98.7 Å². The summed E-state index contributed by atoms with van der Waals surface area (Å²) in [6.45, 7) is 14.4. The van der Waals surface area contributed by atoms with Crippen LogP contribution in [0, 0.1) is 28.6 Å². The summed E-state index contributed by atoms with van der Waals surface area (Å²) in [6.07, 6.45) is 3.14. The Balaban J connectivity index is 1.89. The maximum Gasteiger partial charge on any atom is 0.306 e. The number of cyclic esters (lactones) is 1.